The Bertz CT molecular complexity index is 1280. The van der Waals surface area contributed by atoms with E-state index in [1.165, 1.54) is 21.1 Å². The first-order chi connectivity index (χ1) is 24.1. The van der Waals surface area contributed by atoms with Gasteiger partial charge in [-0.05, 0) is 56.6 Å². The number of Topliss-reactive ketones (excluding diaryl/α,β-unsaturated/α-hetero) is 1. The topological polar surface area (TPSA) is 155 Å². The van der Waals surface area contributed by atoms with Crippen molar-refractivity contribution in [2.45, 2.75) is 130 Å². The summed E-state index contributed by atoms with van der Waals surface area (Å²) in [5.74, 6) is -2.01. The minimum atomic E-state index is -0.778. The summed E-state index contributed by atoms with van der Waals surface area (Å²) in [5, 5.41) is 12.0. The molecular weight excluding hydrogens is 650 g/mol. The van der Waals surface area contributed by atoms with E-state index in [1.54, 1.807) is 18.9 Å². The zero-order chi connectivity index (χ0) is 38.4. The van der Waals surface area contributed by atoms with E-state index in [2.05, 4.69) is 21.3 Å². The van der Waals surface area contributed by atoms with Crippen LogP contribution in [0.15, 0.2) is 30.3 Å². The standard InChI is InChI=1S/C39H65N5O7/c1-12-25(6)35(43-39(49)34(24(4)5)42-38(48)33(40-9)23(2)3)31(50-10)22-32(46)44-20-16-19-30(44)36(51-11)26(7)37(47)41-29(27(8)45)21-28-17-14-13-15-18-28/h13-15,17-18,23-26,29-31,33-36,40H,12,16,19-22H2,1-11H3,(H,41,47)(H,42,48)(H,43,49)/t25-,26+,29-,30-,31+,33-,34-,35-,36+/m0/s1. The fourth-order valence-corrected chi connectivity index (χ4v) is 7.04. The maximum Gasteiger partial charge on any atom is 0.243 e. The first kappa shape index (κ1) is 43.8. The molecule has 1 aromatic carbocycles. The number of ketones is 1. The van der Waals surface area contributed by atoms with E-state index in [4.69, 9.17) is 9.47 Å². The molecule has 0 aromatic heterocycles. The number of rotatable bonds is 21. The Hall–Kier alpha value is -3.35. The summed E-state index contributed by atoms with van der Waals surface area (Å²) in [5.41, 5.74) is 0.944. The summed E-state index contributed by atoms with van der Waals surface area (Å²) in [4.78, 5) is 68.7. The minimum Gasteiger partial charge on any atom is -0.379 e. The van der Waals surface area contributed by atoms with Gasteiger partial charge in [-0.1, -0.05) is 85.2 Å². The smallest absolute Gasteiger partial charge is 0.243 e. The van der Waals surface area contributed by atoms with Crippen LogP contribution in [0.25, 0.3) is 0 Å². The molecule has 1 saturated heterocycles. The maximum atomic E-state index is 14.0. The largest absolute Gasteiger partial charge is 0.379 e. The quantitative estimate of drug-likeness (QED) is 0.151. The number of nitrogens with zero attached hydrogens (tertiary/aromatic N) is 1. The van der Waals surface area contributed by atoms with Crippen LogP contribution in [-0.4, -0.2) is 105 Å². The second kappa shape index (κ2) is 21.2. The molecule has 12 nitrogen and oxygen atoms in total. The number of hydrogen-bond acceptors (Lipinski definition) is 8. The Morgan fingerprint density at radius 3 is 1.96 bits per heavy atom. The van der Waals surface area contributed by atoms with Crippen LogP contribution in [-0.2, 0) is 39.9 Å². The number of hydrogen-bond donors (Lipinski definition) is 4. The summed E-state index contributed by atoms with van der Waals surface area (Å²) in [7, 11) is 4.80. The van der Waals surface area contributed by atoms with Gasteiger partial charge in [-0.2, -0.15) is 0 Å². The van der Waals surface area contributed by atoms with Gasteiger partial charge in [0.05, 0.1) is 48.7 Å². The minimum absolute atomic E-state index is 0.0106. The van der Waals surface area contributed by atoms with Crippen LogP contribution in [0.4, 0.5) is 0 Å². The van der Waals surface area contributed by atoms with Gasteiger partial charge in [-0.25, -0.2) is 0 Å². The number of ether oxygens (including phenoxy) is 2. The van der Waals surface area contributed by atoms with Gasteiger partial charge in [0.2, 0.25) is 23.6 Å². The molecule has 1 aromatic rings. The van der Waals surface area contributed by atoms with Crippen molar-refractivity contribution in [3.05, 3.63) is 35.9 Å². The average Bonchev–Trinajstić information content (AvgIpc) is 3.58. The van der Waals surface area contributed by atoms with Crippen LogP contribution < -0.4 is 21.3 Å². The predicted octanol–water partition coefficient (Wildman–Crippen LogP) is 3.27. The lowest BCUT2D eigenvalue weighted by molar-refractivity contribution is -0.143. The zero-order valence-corrected chi connectivity index (χ0v) is 32.8. The highest BCUT2D eigenvalue weighted by Crippen LogP contribution is 2.28. The molecule has 0 aliphatic carbocycles. The van der Waals surface area contributed by atoms with Gasteiger partial charge >= 0.3 is 0 Å². The molecule has 0 saturated carbocycles. The summed E-state index contributed by atoms with van der Waals surface area (Å²) in [6.07, 6.45) is 1.28. The summed E-state index contributed by atoms with van der Waals surface area (Å²) in [6.45, 7) is 15.4. The first-order valence-corrected chi connectivity index (χ1v) is 18.6. The van der Waals surface area contributed by atoms with E-state index in [9.17, 15) is 24.0 Å². The van der Waals surface area contributed by atoms with Crippen LogP contribution in [0.1, 0.15) is 86.6 Å². The Balaban J connectivity index is 2.21. The lowest BCUT2D eigenvalue weighted by Crippen LogP contribution is -2.59. The van der Waals surface area contributed by atoms with Crippen molar-refractivity contribution in [3.8, 4) is 0 Å². The zero-order valence-electron chi connectivity index (χ0n) is 32.8. The predicted molar refractivity (Wildman–Crippen MR) is 199 cm³/mol. The fourth-order valence-electron chi connectivity index (χ4n) is 7.04. The van der Waals surface area contributed by atoms with Gasteiger partial charge in [0.1, 0.15) is 6.04 Å². The molecular formula is C39H65N5O7. The van der Waals surface area contributed by atoms with Gasteiger partial charge < -0.3 is 35.6 Å². The van der Waals surface area contributed by atoms with Crippen LogP contribution in [0.5, 0.6) is 0 Å². The van der Waals surface area contributed by atoms with E-state index in [-0.39, 0.29) is 59.6 Å². The molecule has 9 atom stereocenters. The third-order valence-electron chi connectivity index (χ3n) is 10.4. The first-order valence-electron chi connectivity index (χ1n) is 18.6. The van der Waals surface area contributed by atoms with Crippen LogP contribution in [0.2, 0.25) is 0 Å². The molecule has 0 bridgehead atoms. The molecule has 2 rings (SSSR count). The Kier molecular flexibility index (Phi) is 18.2. The van der Waals surface area contributed by atoms with Crippen molar-refractivity contribution in [3.63, 3.8) is 0 Å². The monoisotopic (exact) mass is 715 g/mol. The Labute approximate surface area is 305 Å². The number of carbonyl (C=O) groups is 5. The summed E-state index contributed by atoms with van der Waals surface area (Å²) >= 11 is 0. The Morgan fingerprint density at radius 2 is 1.45 bits per heavy atom. The van der Waals surface area contributed by atoms with Crippen molar-refractivity contribution in [1.82, 2.24) is 26.2 Å². The number of amides is 4. The highest BCUT2D eigenvalue weighted by atomic mass is 16.5. The number of likely N-dealkylation sites (N-methyl/N-ethyl adjacent to an activating group) is 1. The van der Waals surface area contributed by atoms with Crippen LogP contribution >= 0.6 is 0 Å². The Morgan fingerprint density at radius 1 is 0.843 bits per heavy atom. The van der Waals surface area contributed by atoms with Gasteiger partial charge in [0.15, 0.2) is 5.78 Å². The van der Waals surface area contributed by atoms with E-state index in [0.717, 1.165) is 18.4 Å². The number of carbonyl (C=O) groups excluding carboxylic acids is 5. The van der Waals surface area contributed by atoms with Crippen molar-refractivity contribution in [1.29, 1.82) is 0 Å². The van der Waals surface area contributed by atoms with Crippen molar-refractivity contribution in [2.24, 2.45) is 23.7 Å². The number of likely N-dealkylation sites (tertiary alicyclic amines) is 1. The molecule has 1 aliphatic rings. The molecule has 12 heteroatoms. The van der Waals surface area contributed by atoms with E-state index in [0.29, 0.717) is 19.4 Å². The molecule has 0 spiro atoms. The third kappa shape index (κ3) is 12.4. The van der Waals surface area contributed by atoms with Crippen molar-refractivity contribution in [2.75, 3.05) is 27.8 Å². The SMILES string of the molecule is CC[C@H](C)[C@H](NC(=O)[C@@H](NC(=O)[C@@H](NC)C(C)C)C(C)C)[C@@H](CC(=O)N1CCC[C@H]1[C@H](OC)[C@@H](C)C(=O)N[C@@H](Cc1ccccc1)C(C)=O)OC. The molecule has 1 heterocycles. The number of nitrogens with one attached hydrogen (secondary N) is 4. The van der Waals surface area contributed by atoms with Crippen LogP contribution in [0, 0.1) is 23.7 Å². The lowest BCUT2D eigenvalue weighted by Gasteiger charge is -2.37. The van der Waals surface area contributed by atoms with Gasteiger partial charge in [-0.15, -0.1) is 0 Å². The average molecular weight is 716 g/mol. The molecule has 51 heavy (non-hydrogen) atoms. The highest BCUT2D eigenvalue weighted by Gasteiger charge is 2.42. The fraction of sp³-hybridized carbons (Fsp3) is 0.718. The van der Waals surface area contributed by atoms with Gasteiger partial charge in [0.25, 0.3) is 0 Å². The van der Waals surface area contributed by atoms with Crippen molar-refractivity contribution >= 4 is 29.4 Å². The van der Waals surface area contributed by atoms with E-state index >= 15 is 0 Å². The van der Waals surface area contributed by atoms with Crippen molar-refractivity contribution < 1.29 is 33.4 Å². The van der Waals surface area contributed by atoms with Gasteiger partial charge in [-0.3, -0.25) is 24.0 Å². The second-order valence-corrected chi connectivity index (χ2v) is 14.8. The van der Waals surface area contributed by atoms with Gasteiger partial charge in [0, 0.05) is 20.8 Å². The second-order valence-electron chi connectivity index (χ2n) is 14.8. The molecule has 1 fully saturated rings. The van der Waals surface area contributed by atoms with E-state index in [1.807, 2.05) is 71.9 Å². The summed E-state index contributed by atoms with van der Waals surface area (Å²) in [6, 6.07) is 6.77. The lowest BCUT2D eigenvalue weighted by atomic mass is 9.90. The number of benzene rings is 1. The molecule has 1 aliphatic heterocycles. The number of methoxy groups -OCH3 is 2. The molecule has 4 N–H and O–H groups in total. The highest BCUT2D eigenvalue weighted by molar-refractivity contribution is 5.90. The molecule has 0 radical (unpaired) electrons. The van der Waals surface area contributed by atoms with Crippen LogP contribution in [0.3, 0.4) is 0 Å². The molecule has 0 unspecified atom stereocenters. The molecule has 288 valence electrons. The van der Waals surface area contributed by atoms with E-state index < -0.39 is 42.3 Å². The third-order valence-corrected chi connectivity index (χ3v) is 10.4. The molecule has 4 amide bonds. The summed E-state index contributed by atoms with van der Waals surface area (Å²) < 4.78 is 11.8. The normalized spacial score (nSPS) is 19.4. The maximum absolute atomic E-state index is 14.0.